The Morgan fingerprint density at radius 3 is 2.70 bits per heavy atom. The van der Waals surface area contributed by atoms with Crippen molar-refractivity contribution in [2.24, 2.45) is 11.8 Å². The third kappa shape index (κ3) is 4.55. The lowest BCUT2D eigenvalue weighted by Crippen LogP contribution is -2.52. The minimum atomic E-state index is -3.47. The van der Waals surface area contributed by atoms with Gasteiger partial charge in [-0.1, -0.05) is 25.1 Å². The van der Waals surface area contributed by atoms with Crippen LogP contribution < -0.4 is 5.32 Å². The van der Waals surface area contributed by atoms with Crippen LogP contribution in [0.1, 0.15) is 38.2 Å². The van der Waals surface area contributed by atoms with Crippen molar-refractivity contribution >= 4 is 27.0 Å². The molecule has 4 rings (SSSR count). The molecule has 1 amide bonds. The van der Waals surface area contributed by atoms with Gasteiger partial charge >= 0.3 is 0 Å². The van der Waals surface area contributed by atoms with E-state index in [2.05, 4.69) is 23.3 Å². The van der Waals surface area contributed by atoms with Gasteiger partial charge in [0.2, 0.25) is 5.91 Å². The van der Waals surface area contributed by atoms with E-state index < -0.39 is 10.2 Å². The Morgan fingerprint density at radius 2 is 1.90 bits per heavy atom. The number of H-pyrrole nitrogens is 1. The maximum absolute atomic E-state index is 13.0. The number of hydrogen-bond acceptors (Lipinski definition) is 3. The van der Waals surface area contributed by atoms with E-state index in [0.29, 0.717) is 32.1 Å². The fourth-order valence-electron chi connectivity index (χ4n) is 4.55. The summed E-state index contributed by atoms with van der Waals surface area (Å²) in [6.45, 7) is 4.68. The number of nitrogens with one attached hydrogen (secondary N) is 2. The summed E-state index contributed by atoms with van der Waals surface area (Å²) in [6, 6.07) is 8.13. The fraction of sp³-hybridized carbons (Fsp3) is 0.591. The van der Waals surface area contributed by atoms with Gasteiger partial charge in [0.15, 0.2) is 0 Å². The number of piperidine rings is 2. The number of fused-ring (bicyclic) bond motifs is 1. The quantitative estimate of drug-likeness (QED) is 0.736. The van der Waals surface area contributed by atoms with E-state index in [-0.39, 0.29) is 18.4 Å². The molecule has 0 saturated carbocycles. The smallest absolute Gasteiger partial charge is 0.281 e. The van der Waals surface area contributed by atoms with Crippen molar-refractivity contribution < 1.29 is 13.2 Å². The predicted octanol–water partition coefficient (Wildman–Crippen LogP) is 2.52. The van der Waals surface area contributed by atoms with Crippen LogP contribution in [-0.2, 0) is 21.4 Å². The minimum absolute atomic E-state index is 0.0398. The minimum Gasteiger partial charge on any atom is -0.361 e. The summed E-state index contributed by atoms with van der Waals surface area (Å²) in [5.41, 5.74) is 2.28. The molecule has 30 heavy (non-hydrogen) atoms. The molecule has 1 aromatic carbocycles. The monoisotopic (exact) mass is 432 g/mol. The zero-order chi connectivity index (χ0) is 21.1. The average Bonchev–Trinajstić information content (AvgIpc) is 3.17. The number of carbonyl (C=O) groups excluding carboxylic acids is 1. The molecule has 0 radical (unpaired) electrons. The van der Waals surface area contributed by atoms with Gasteiger partial charge in [0, 0.05) is 49.8 Å². The van der Waals surface area contributed by atoms with Crippen molar-refractivity contribution in [3.63, 3.8) is 0 Å². The Morgan fingerprint density at radius 1 is 1.13 bits per heavy atom. The summed E-state index contributed by atoms with van der Waals surface area (Å²) in [4.78, 5) is 16.0. The lowest BCUT2D eigenvalue weighted by atomic mass is 9.99. The molecule has 0 aliphatic carbocycles. The number of nitrogens with zero attached hydrogens (tertiary/aromatic N) is 2. The van der Waals surface area contributed by atoms with Crippen LogP contribution in [0.3, 0.4) is 0 Å². The standard InChI is InChI=1S/C22H32N4O3S/c1-17-9-13-25(14-10-17)30(28,29)26-12-4-5-19(16-26)22(27)23-11-8-18-15-24-21-7-3-2-6-20(18)21/h2-3,6-7,15,17,19,24H,4-5,8-14,16H2,1H3,(H,23,27). The SMILES string of the molecule is CC1CCN(S(=O)(=O)N2CCCC(C(=O)NCCc3c[nH]c4ccccc34)C2)CC1. The van der Waals surface area contributed by atoms with Crippen LogP contribution in [0.5, 0.6) is 0 Å². The van der Waals surface area contributed by atoms with Gasteiger partial charge in [-0.3, -0.25) is 4.79 Å². The largest absolute Gasteiger partial charge is 0.361 e. The number of hydrogen-bond donors (Lipinski definition) is 2. The summed E-state index contributed by atoms with van der Waals surface area (Å²) < 4.78 is 29.2. The van der Waals surface area contributed by atoms with Crippen molar-refractivity contribution in [1.29, 1.82) is 0 Å². The topological polar surface area (TPSA) is 85.5 Å². The maximum atomic E-state index is 13.0. The highest BCUT2D eigenvalue weighted by atomic mass is 32.2. The Kier molecular flexibility index (Phi) is 6.46. The summed E-state index contributed by atoms with van der Waals surface area (Å²) >= 11 is 0. The van der Waals surface area contributed by atoms with Crippen LogP contribution in [-0.4, -0.2) is 60.6 Å². The molecule has 2 aromatic rings. The second kappa shape index (κ2) is 9.08. The van der Waals surface area contributed by atoms with Crippen molar-refractivity contribution in [2.45, 2.75) is 39.0 Å². The van der Waals surface area contributed by atoms with Crippen LogP contribution in [0.25, 0.3) is 10.9 Å². The molecule has 8 heteroatoms. The molecule has 1 atom stereocenters. The third-order valence-electron chi connectivity index (χ3n) is 6.52. The van der Waals surface area contributed by atoms with E-state index in [1.165, 1.54) is 15.3 Å². The van der Waals surface area contributed by atoms with E-state index in [4.69, 9.17) is 0 Å². The van der Waals surface area contributed by atoms with Crippen LogP contribution >= 0.6 is 0 Å². The lowest BCUT2D eigenvalue weighted by Gasteiger charge is -2.37. The maximum Gasteiger partial charge on any atom is 0.281 e. The van der Waals surface area contributed by atoms with Gasteiger partial charge in [-0.2, -0.15) is 17.0 Å². The van der Waals surface area contributed by atoms with Crippen molar-refractivity contribution in [3.05, 3.63) is 36.0 Å². The van der Waals surface area contributed by atoms with Crippen LogP contribution in [0.15, 0.2) is 30.5 Å². The third-order valence-corrected chi connectivity index (χ3v) is 8.52. The Bertz CT molecular complexity index is 979. The highest BCUT2D eigenvalue weighted by molar-refractivity contribution is 7.86. The molecule has 0 bridgehead atoms. The number of amides is 1. The number of aromatic amines is 1. The molecule has 2 saturated heterocycles. The predicted molar refractivity (Wildman–Crippen MR) is 118 cm³/mol. The van der Waals surface area contributed by atoms with Crippen molar-refractivity contribution in [2.75, 3.05) is 32.7 Å². The molecule has 0 spiro atoms. The molecule has 1 aromatic heterocycles. The molecule has 7 nitrogen and oxygen atoms in total. The average molecular weight is 433 g/mol. The molecule has 2 aliphatic rings. The normalized spacial score (nSPS) is 22.4. The number of para-hydroxylation sites is 1. The van der Waals surface area contributed by atoms with Gasteiger partial charge in [0.05, 0.1) is 5.92 Å². The number of rotatable bonds is 6. The van der Waals surface area contributed by atoms with Crippen molar-refractivity contribution in [1.82, 2.24) is 18.9 Å². The van der Waals surface area contributed by atoms with E-state index in [1.807, 2.05) is 24.4 Å². The van der Waals surface area contributed by atoms with Crippen LogP contribution in [0.4, 0.5) is 0 Å². The second-order valence-corrected chi connectivity index (χ2v) is 10.6. The number of carbonyl (C=O) groups is 1. The van der Waals surface area contributed by atoms with Crippen LogP contribution in [0, 0.1) is 11.8 Å². The summed E-state index contributed by atoms with van der Waals surface area (Å²) in [7, 11) is -3.47. The van der Waals surface area contributed by atoms with Gasteiger partial charge in [0.25, 0.3) is 10.2 Å². The zero-order valence-electron chi connectivity index (χ0n) is 17.6. The molecule has 164 valence electrons. The second-order valence-electron chi connectivity index (χ2n) is 8.69. The zero-order valence-corrected chi connectivity index (χ0v) is 18.5. The van der Waals surface area contributed by atoms with E-state index >= 15 is 0 Å². The van der Waals surface area contributed by atoms with Crippen molar-refractivity contribution in [3.8, 4) is 0 Å². The molecule has 1 unspecified atom stereocenters. The van der Waals surface area contributed by atoms with Gasteiger partial charge in [0.1, 0.15) is 0 Å². The fourth-order valence-corrected chi connectivity index (χ4v) is 6.28. The highest BCUT2D eigenvalue weighted by Crippen LogP contribution is 2.25. The summed E-state index contributed by atoms with van der Waals surface area (Å²) in [5, 5.41) is 4.20. The molecular weight excluding hydrogens is 400 g/mol. The first kappa shape index (κ1) is 21.3. The van der Waals surface area contributed by atoms with E-state index in [9.17, 15) is 13.2 Å². The Balaban J connectivity index is 1.31. The summed E-state index contributed by atoms with van der Waals surface area (Å²) in [5.74, 6) is 0.260. The molecule has 2 N–H and O–H groups in total. The highest BCUT2D eigenvalue weighted by Gasteiger charge is 2.36. The first-order valence-electron chi connectivity index (χ1n) is 11.0. The molecule has 3 heterocycles. The first-order valence-corrected chi connectivity index (χ1v) is 12.4. The van der Waals surface area contributed by atoms with Gasteiger partial charge in [-0.25, -0.2) is 0 Å². The van der Waals surface area contributed by atoms with E-state index in [1.54, 1.807) is 4.31 Å². The van der Waals surface area contributed by atoms with Gasteiger partial charge < -0.3 is 10.3 Å². The van der Waals surface area contributed by atoms with Gasteiger partial charge in [-0.15, -0.1) is 0 Å². The van der Waals surface area contributed by atoms with E-state index in [0.717, 1.165) is 37.6 Å². The summed E-state index contributed by atoms with van der Waals surface area (Å²) in [6.07, 6.45) is 6.02. The molecular formula is C22H32N4O3S. The molecule has 2 fully saturated rings. The van der Waals surface area contributed by atoms with Crippen LogP contribution in [0.2, 0.25) is 0 Å². The number of benzene rings is 1. The Labute approximate surface area is 179 Å². The lowest BCUT2D eigenvalue weighted by molar-refractivity contribution is -0.126. The molecule has 2 aliphatic heterocycles. The Hall–Kier alpha value is -1.90. The van der Waals surface area contributed by atoms with Gasteiger partial charge in [-0.05, 0) is 49.7 Å². The number of aromatic nitrogens is 1. The first-order chi connectivity index (χ1) is 14.4.